The van der Waals surface area contributed by atoms with Crippen LogP contribution < -0.4 is 5.46 Å². The summed E-state index contributed by atoms with van der Waals surface area (Å²) in [6.45, 7) is 8.05. The lowest BCUT2D eigenvalue weighted by molar-refractivity contribution is -0.157. The van der Waals surface area contributed by atoms with Crippen LogP contribution in [0.5, 0.6) is 0 Å². The molecule has 2 fully saturated rings. The Hall–Kier alpha value is -1.34. The summed E-state index contributed by atoms with van der Waals surface area (Å²) in [6.07, 6.45) is 6.07. The van der Waals surface area contributed by atoms with Crippen LogP contribution >= 0.6 is 0 Å². The van der Waals surface area contributed by atoms with Crippen molar-refractivity contribution >= 4 is 18.6 Å². The van der Waals surface area contributed by atoms with Crippen molar-refractivity contribution in [3.8, 4) is 0 Å². The molecule has 1 saturated carbocycles. The third-order valence-corrected chi connectivity index (χ3v) is 5.31. The van der Waals surface area contributed by atoms with Crippen molar-refractivity contribution in [2.45, 2.75) is 63.7 Å². The molecule has 1 aliphatic carbocycles. The predicted molar refractivity (Wildman–Crippen MR) is 81.8 cm³/mol. The van der Waals surface area contributed by atoms with Crippen molar-refractivity contribution in [1.82, 2.24) is 9.78 Å². The van der Waals surface area contributed by atoms with E-state index in [1.807, 2.05) is 33.9 Å². The van der Waals surface area contributed by atoms with Gasteiger partial charge < -0.3 is 14.0 Å². The first kappa shape index (κ1) is 15.6. The van der Waals surface area contributed by atoms with Crippen molar-refractivity contribution in [3.63, 3.8) is 0 Å². The van der Waals surface area contributed by atoms with Gasteiger partial charge in [0.1, 0.15) is 0 Å². The van der Waals surface area contributed by atoms with Crippen LogP contribution in [0, 0.1) is 0 Å². The van der Waals surface area contributed by atoms with Crippen LogP contribution in [0.3, 0.4) is 0 Å². The zero-order chi connectivity index (χ0) is 16.2. The molecular formula is C15H23BN2O4. The molecule has 0 bridgehead atoms. The molecule has 0 atom stereocenters. The summed E-state index contributed by atoms with van der Waals surface area (Å²) in [6, 6.07) is 0. The van der Waals surface area contributed by atoms with E-state index < -0.39 is 23.9 Å². The van der Waals surface area contributed by atoms with E-state index in [0.717, 1.165) is 24.7 Å². The van der Waals surface area contributed by atoms with Crippen LogP contribution in [0.15, 0.2) is 12.4 Å². The van der Waals surface area contributed by atoms with Gasteiger partial charge in [0.15, 0.2) is 5.54 Å². The second-order valence-electron chi connectivity index (χ2n) is 7.18. The molecule has 120 valence electrons. The maximum atomic E-state index is 12.1. The van der Waals surface area contributed by atoms with Crippen LogP contribution in [-0.4, -0.2) is 41.2 Å². The van der Waals surface area contributed by atoms with Crippen LogP contribution in [0.2, 0.25) is 0 Å². The quantitative estimate of drug-likeness (QED) is 0.621. The van der Waals surface area contributed by atoms with Gasteiger partial charge >= 0.3 is 13.1 Å². The number of carbonyl (C=O) groups is 1. The Morgan fingerprint density at radius 1 is 1.27 bits per heavy atom. The largest absolute Gasteiger partial charge is 0.498 e. The summed E-state index contributed by atoms with van der Waals surface area (Å²) in [4.78, 5) is 12.1. The average Bonchev–Trinajstić information content (AvgIpc) is 2.92. The van der Waals surface area contributed by atoms with Crippen molar-refractivity contribution in [1.29, 1.82) is 0 Å². The minimum absolute atomic E-state index is 0.234. The van der Waals surface area contributed by atoms with Crippen LogP contribution in [0.4, 0.5) is 0 Å². The lowest BCUT2D eigenvalue weighted by Gasteiger charge is -2.38. The highest BCUT2D eigenvalue weighted by atomic mass is 16.7. The number of hydrogen-bond donors (Lipinski definition) is 0. The Labute approximate surface area is 131 Å². The molecule has 7 heteroatoms. The summed E-state index contributed by atoms with van der Waals surface area (Å²) in [5.41, 5.74) is -0.614. The van der Waals surface area contributed by atoms with Gasteiger partial charge in [0, 0.05) is 17.9 Å². The van der Waals surface area contributed by atoms with Crippen LogP contribution in [0.1, 0.15) is 47.0 Å². The fourth-order valence-electron chi connectivity index (χ4n) is 2.90. The monoisotopic (exact) mass is 306 g/mol. The fraction of sp³-hybridized carbons (Fsp3) is 0.733. The third kappa shape index (κ3) is 2.10. The number of methoxy groups -OCH3 is 1. The molecule has 1 saturated heterocycles. The highest BCUT2D eigenvalue weighted by molar-refractivity contribution is 6.62. The molecule has 0 aromatic carbocycles. The smallest absolute Gasteiger partial charge is 0.467 e. The van der Waals surface area contributed by atoms with E-state index >= 15 is 0 Å². The summed E-state index contributed by atoms with van der Waals surface area (Å²) in [5.74, 6) is -0.234. The summed E-state index contributed by atoms with van der Waals surface area (Å²) >= 11 is 0. The van der Waals surface area contributed by atoms with Crippen LogP contribution in [-0.2, 0) is 24.4 Å². The molecule has 0 radical (unpaired) electrons. The van der Waals surface area contributed by atoms with Gasteiger partial charge in [-0.1, -0.05) is 0 Å². The van der Waals surface area contributed by atoms with E-state index in [2.05, 4.69) is 5.10 Å². The Morgan fingerprint density at radius 2 is 1.86 bits per heavy atom. The summed E-state index contributed by atoms with van der Waals surface area (Å²) in [7, 11) is 0.953. The number of carbonyl (C=O) groups excluding carboxylic acids is 1. The maximum absolute atomic E-state index is 12.1. The van der Waals surface area contributed by atoms with E-state index in [0.29, 0.717) is 0 Å². The Bertz CT molecular complexity index is 576. The summed E-state index contributed by atoms with van der Waals surface area (Å²) < 4.78 is 18.7. The topological polar surface area (TPSA) is 62.6 Å². The van der Waals surface area contributed by atoms with Crippen LogP contribution in [0.25, 0.3) is 0 Å². The lowest BCUT2D eigenvalue weighted by atomic mass is 9.76. The molecule has 1 aromatic rings. The maximum Gasteiger partial charge on any atom is 0.498 e. The van der Waals surface area contributed by atoms with E-state index in [4.69, 9.17) is 14.0 Å². The number of aromatic nitrogens is 2. The van der Waals surface area contributed by atoms with Gasteiger partial charge in [-0.05, 0) is 47.0 Å². The average molecular weight is 306 g/mol. The molecule has 22 heavy (non-hydrogen) atoms. The third-order valence-electron chi connectivity index (χ3n) is 5.31. The molecule has 2 aliphatic rings. The van der Waals surface area contributed by atoms with Gasteiger partial charge in [-0.3, -0.25) is 4.68 Å². The zero-order valence-corrected chi connectivity index (χ0v) is 13.9. The van der Waals surface area contributed by atoms with Gasteiger partial charge in [-0.25, -0.2) is 4.79 Å². The first-order valence-corrected chi connectivity index (χ1v) is 7.71. The molecule has 0 amide bonds. The number of rotatable bonds is 3. The molecule has 0 spiro atoms. The molecule has 1 aliphatic heterocycles. The Kier molecular flexibility index (Phi) is 3.41. The zero-order valence-electron chi connectivity index (χ0n) is 13.9. The molecule has 0 N–H and O–H groups in total. The lowest BCUT2D eigenvalue weighted by Crippen LogP contribution is -2.49. The molecule has 3 rings (SSSR count). The van der Waals surface area contributed by atoms with E-state index in [9.17, 15) is 4.79 Å². The predicted octanol–water partition coefficient (Wildman–Crippen LogP) is 1.23. The van der Waals surface area contributed by atoms with Crippen molar-refractivity contribution in [2.75, 3.05) is 7.11 Å². The Balaban J connectivity index is 1.85. The van der Waals surface area contributed by atoms with Crippen molar-refractivity contribution in [2.24, 2.45) is 0 Å². The van der Waals surface area contributed by atoms with Crippen molar-refractivity contribution < 1.29 is 18.8 Å². The number of ether oxygens (including phenoxy) is 1. The number of esters is 1. The highest BCUT2D eigenvalue weighted by Gasteiger charge is 2.53. The first-order valence-electron chi connectivity index (χ1n) is 7.71. The molecule has 2 heterocycles. The Morgan fingerprint density at radius 3 is 2.32 bits per heavy atom. The van der Waals surface area contributed by atoms with Gasteiger partial charge in [-0.15, -0.1) is 0 Å². The normalized spacial score (nSPS) is 24.9. The van der Waals surface area contributed by atoms with Crippen molar-refractivity contribution in [3.05, 3.63) is 12.4 Å². The minimum Gasteiger partial charge on any atom is -0.467 e. The van der Waals surface area contributed by atoms with Gasteiger partial charge in [0.2, 0.25) is 0 Å². The number of hydrogen-bond acceptors (Lipinski definition) is 5. The van der Waals surface area contributed by atoms with Gasteiger partial charge in [0.05, 0.1) is 18.3 Å². The fourth-order valence-corrected chi connectivity index (χ4v) is 2.90. The standard InChI is InChI=1S/C15H23BN2O4/c1-13(2)14(3,4)22-16(21-13)11-9-17-18(10-11)15(7-6-8-15)12(19)20-5/h9-10H,6-8H2,1-5H3. The molecular weight excluding hydrogens is 283 g/mol. The molecule has 6 nitrogen and oxygen atoms in total. The first-order chi connectivity index (χ1) is 10.2. The van der Waals surface area contributed by atoms with E-state index in [1.165, 1.54) is 7.11 Å². The second-order valence-corrected chi connectivity index (χ2v) is 7.18. The van der Waals surface area contributed by atoms with E-state index in [1.54, 1.807) is 10.9 Å². The van der Waals surface area contributed by atoms with Gasteiger partial charge in [0.25, 0.3) is 0 Å². The molecule has 1 aromatic heterocycles. The van der Waals surface area contributed by atoms with E-state index in [-0.39, 0.29) is 5.97 Å². The highest BCUT2D eigenvalue weighted by Crippen LogP contribution is 2.40. The molecule has 0 unspecified atom stereocenters. The summed E-state index contributed by atoms with van der Waals surface area (Å²) in [5, 5.41) is 4.38. The minimum atomic E-state index is -0.656. The number of nitrogens with zero attached hydrogens (tertiary/aromatic N) is 2. The SMILES string of the molecule is COC(=O)C1(n2cc(B3OC(C)(C)C(C)(C)O3)cn2)CCC1. The second kappa shape index (κ2) is 4.83. The van der Waals surface area contributed by atoms with Gasteiger partial charge in [-0.2, -0.15) is 5.10 Å².